The van der Waals surface area contributed by atoms with Crippen LogP contribution in [0.5, 0.6) is 5.75 Å². The molecule has 1 aromatic heterocycles. The second kappa shape index (κ2) is 5.45. The van der Waals surface area contributed by atoms with Gasteiger partial charge in [0.25, 0.3) is 0 Å². The van der Waals surface area contributed by atoms with Crippen molar-refractivity contribution in [1.29, 1.82) is 0 Å². The van der Waals surface area contributed by atoms with Crippen molar-refractivity contribution in [2.24, 2.45) is 0 Å². The van der Waals surface area contributed by atoms with Gasteiger partial charge >= 0.3 is 5.97 Å². The lowest BCUT2D eigenvalue weighted by Gasteiger charge is -1.98. The first kappa shape index (κ1) is 11.6. The fourth-order valence-electron chi connectivity index (χ4n) is 1.01. The summed E-state index contributed by atoms with van der Waals surface area (Å²) >= 11 is 0. The van der Waals surface area contributed by atoms with E-state index in [4.69, 9.17) is 15.9 Å². The minimum Gasteiger partial charge on any atom is -0.507 e. The zero-order valence-electron chi connectivity index (χ0n) is 8.42. The Morgan fingerprint density at radius 2 is 1.88 bits per heavy atom. The number of phenols is 1. The van der Waals surface area contributed by atoms with E-state index in [0.717, 1.165) is 0 Å². The molecule has 0 bridgehead atoms. The normalized spacial score (nSPS) is 9.00. The third-order valence-electron chi connectivity index (χ3n) is 1.75. The van der Waals surface area contributed by atoms with Crippen molar-refractivity contribution in [3.05, 3.63) is 48.3 Å². The Balaban J connectivity index is 0.000000212. The second-order valence-electron chi connectivity index (χ2n) is 2.97. The van der Waals surface area contributed by atoms with E-state index in [1.807, 2.05) is 24.5 Å². The Morgan fingerprint density at radius 3 is 2.25 bits per heavy atom. The number of hydrogen-bond acceptors (Lipinski definition) is 3. The number of nitrogens with one attached hydrogen (secondary N) is 1. The minimum absolute atomic E-state index is 0.140. The van der Waals surface area contributed by atoms with Gasteiger partial charge in [0.1, 0.15) is 11.3 Å². The van der Waals surface area contributed by atoms with Gasteiger partial charge in [-0.05, 0) is 24.3 Å². The molecule has 0 spiro atoms. The molecule has 0 radical (unpaired) electrons. The molecule has 5 heteroatoms. The number of carboxylic acid groups (broad SMARTS) is 1. The van der Waals surface area contributed by atoms with E-state index in [0.29, 0.717) is 5.69 Å². The molecular weight excluding hydrogens is 208 g/mol. The number of aromatic amines is 1. The molecule has 16 heavy (non-hydrogen) atoms. The van der Waals surface area contributed by atoms with Crippen molar-refractivity contribution in [2.45, 2.75) is 0 Å². The van der Waals surface area contributed by atoms with Crippen molar-refractivity contribution in [2.75, 3.05) is 5.73 Å². The maximum Gasteiger partial charge on any atom is 0.339 e. The van der Waals surface area contributed by atoms with Crippen LogP contribution in [0.4, 0.5) is 5.69 Å². The van der Waals surface area contributed by atoms with E-state index >= 15 is 0 Å². The fraction of sp³-hybridized carbons (Fsp3) is 0. The summed E-state index contributed by atoms with van der Waals surface area (Å²) in [4.78, 5) is 13.2. The van der Waals surface area contributed by atoms with Gasteiger partial charge in [0.15, 0.2) is 0 Å². The van der Waals surface area contributed by atoms with Crippen molar-refractivity contribution in [3.8, 4) is 5.75 Å². The zero-order chi connectivity index (χ0) is 12.0. The largest absolute Gasteiger partial charge is 0.507 e. The molecule has 0 unspecified atom stereocenters. The molecule has 2 rings (SSSR count). The van der Waals surface area contributed by atoms with Crippen LogP contribution >= 0.6 is 0 Å². The lowest BCUT2D eigenvalue weighted by atomic mass is 10.2. The van der Waals surface area contributed by atoms with Gasteiger partial charge in [-0.2, -0.15) is 0 Å². The molecule has 5 N–H and O–H groups in total. The molecule has 0 fully saturated rings. The molecule has 5 nitrogen and oxygen atoms in total. The van der Waals surface area contributed by atoms with E-state index in [1.165, 1.54) is 18.2 Å². The first-order valence-corrected chi connectivity index (χ1v) is 4.51. The summed E-state index contributed by atoms with van der Waals surface area (Å²) in [6.45, 7) is 0. The average Bonchev–Trinajstić information content (AvgIpc) is 2.74. The average molecular weight is 220 g/mol. The molecule has 0 saturated carbocycles. The summed E-state index contributed by atoms with van der Waals surface area (Å²) in [6, 6.07) is 7.76. The molecule has 84 valence electrons. The summed E-state index contributed by atoms with van der Waals surface area (Å²) < 4.78 is 0. The Labute approximate surface area is 92.2 Å². The third-order valence-corrected chi connectivity index (χ3v) is 1.75. The molecule has 0 saturated heterocycles. The lowest BCUT2D eigenvalue weighted by Crippen LogP contribution is -1.97. The summed E-state index contributed by atoms with van der Waals surface area (Å²) in [5, 5.41) is 17.5. The van der Waals surface area contributed by atoms with Crippen LogP contribution in [0.3, 0.4) is 0 Å². The van der Waals surface area contributed by atoms with Gasteiger partial charge in [-0.25, -0.2) is 4.79 Å². The van der Waals surface area contributed by atoms with Crippen LogP contribution in [0.1, 0.15) is 10.4 Å². The zero-order valence-corrected chi connectivity index (χ0v) is 8.42. The van der Waals surface area contributed by atoms with Crippen molar-refractivity contribution in [1.82, 2.24) is 4.98 Å². The van der Waals surface area contributed by atoms with Crippen LogP contribution in [0.15, 0.2) is 42.7 Å². The van der Waals surface area contributed by atoms with Gasteiger partial charge in [-0.3, -0.25) is 0 Å². The Kier molecular flexibility index (Phi) is 3.97. The lowest BCUT2D eigenvalue weighted by molar-refractivity contribution is 0.0694. The molecule has 1 aromatic carbocycles. The second-order valence-corrected chi connectivity index (χ2v) is 2.97. The number of aromatic carboxylic acids is 1. The first-order valence-electron chi connectivity index (χ1n) is 4.51. The highest BCUT2D eigenvalue weighted by molar-refractivity contribution is 5.91. The number of aromatic nitrogens is 1. The van der Waals surface area contributed by atoms with Gasteiger partial charge in [-0.1, -0.05) is 0 Å². The molecule has 0 aliphatic carbocycles. The molecule has 2 aromatic rings. The van der Waals surface area contributed by atoms with Crippen LogP contribution < -0.4 is 5.73 Å². The summed E-state index contributed by atoms with van der Waals surface area (Å²) in [7, 11) is 0. The number of carboxylic acids is 1. The molecule has 0 amide bonds. The van der Waals surface area contributed by atoms with Crippen LogP contribution in [-0.4, -0.2) is 21.2 Å². The third kappa shape index (κ3) is 3.38. The van der Waals surface area contributed by atoms with Gasteiger partial charge < -0.3 is 20.9 Å². The van der Waals surface area contributed by atoms with Gasteiger partial charge in [0.2, 0.25) is 0 Å². The van der Waals surface area contributed by atoms with Gasteiger partial charge in [0, 0.05) is 24.1 Å². The standard InChI is InChI=1S/C7H7NO3.C4H5N/c8-4-1-2-5(7(10)11)6(9)3-4;1-2-4-5-3-1/h1-3,9H,8H2,(H,10,11);1-5H. The molecular formula is C11H12N2O3. The number of H-pyrrole nitrogens is 1. The van der Waals surface area contributed by atoms with E-state index < -0.39 is 5.97 Å². The number of hydrogen-bond donors (Lipinski definition) is 4. The van der Waals surface area contributed by atoms with Crippen LogP contribution in [-0.2, 0) is 0 Å². The minimum atomic E-state index is -1.16. The highest BCUT2D eigenvalue weighted by atomic mass is 16.4. The van der Waals surface area contributed by atoms with Gasteiger partial charge in [-0.15, -0.1) is 0 Å². The number of benzene rings is 1. The van der Waals surface area contributed by atoms with E-state index in [-0.39, 0.29) is 11.3 Å². The van der Waals surface area contributed by atoms with Crippen LogP contribution in [0.2, 0.25) is 0 Å². The summed E-state index contributed by atoms with van der Waals surface area (Å²) in [5.41, 5.74) is 5.48. The smallest absolute Gasteiger partial charge is 0.339 e. The monoisotopic (exact) mass is 220 g/mol. The Bertz CT molecular complexity index is 435. The summed E-state index contributed by atoms with van der Waals surface area (Å²) in [6.07, 6.45) is 3.75. The van der Waals surface area contributed by atoms with Gasteiger partial charge in [0.05, 0.1) is 0 Å². The van der Waals surface area contributed by atoms with Crippen molar-refractivity contribution < 1.29 is 15.0 Å². The number of anilines is 1. The molecule has 0 aliphatic rings. The van der Waals surface area contributed by atoms with E-state index in [2.05, 4.69) is 4.98 Å². The van der Waals surface area contributed by atoms with Crippen LogP contribution in [0.25, 0.3) is 0 Å². The summed E-state index contributed by atoms with van der Waals surface area (Å²) in [5.74, 6) is -1.47. The Hall–Kier alpha value is -2.43. The van der Waals surface area contributed by atoms with Crippen molar-refractivity contribution >= 4 is 11.7 Å². The quantitative estimate of drug-likeness (QED) is 0.549. The maximum absolute atomic E-state index is 10.3. The number of carbonyl (C=O) groups is 1. The predicted octanol–water partition coefficient (Wildman–Crippen LogP) is 1.69. The van der Waals surface area contributed by atoms with E-state index in [9.17, 15) is 4.79 Å². The number of nitrogen functional groups attached to an aromatic ring is 1. The number of nitrogens with two attached hydrogens (primary N) is 1. The SMILES string of the molecule is Nc1ccc(C(=O)O)c(O)c1.c1cc[nH]c1. The number of rotatable bonds is 1. The maximum atomic E-state index is 10.3. The molecule has 0 atom stereocenters. The fourth-order valence-corrected chi connectivity index (χ4v) is 1.01. The first-order chi connectivity index (χ1) is 7.61. The topological polar surface area (TPSA) is 99.3 Å². The molecule has 1 heterocycles. The van der Waals surface area contributed by atoms with Crippen molar-refractivity contribution in [3.63, 3.8) is 0 Å². The highest BCUT2D eigenvalue weighted by Crippen LogP contribution is 2.19. The Morgan fingerprint density at radius 1 is 1.25 bits per heavy atom. The molecule has 0 aliphatic heterocycles. The predicted molar refractivity (Wildman–Crippen MR) is 60.3 cm³/mol. The number of aromatic hydroxyl groups is 1. The highest BCUT2D eigenvalue weighted by Gasteiger charge is 2.07. The van der Waals surface area contributed by atoms with E-state index in [1.54, 1.807) is 0 Å². The van der Waals surface area contributed by atoms with Crippen LogP contribution in [0, 0.1) is 0 Å².